The maximum absolute atomic E-state index is 12.0. The molecule has 1 unspecified atom stereocenters. The minimum absolute atomic E-state index is 0.240. The maximum Gasteiger partial charge on any atom is 0.223 e. The Labute approximate surface area is 114 Å². The molecule has 1 aromatic heterocycles. The average molecular weight is 314 g/mol. The molecule has 0 saturated heterocycles. The standard InChI is InChI=1S/C13H16BrNOS/c1-15(8-11-6-12(14)17-9-11)13(16)7-10-4-2-3-5-10/h2,4,6,9-10H,3,5,7-8H2,1H3. The third-order valence-corrected chi connectivity index (χ3v) is 4.57. The molecule has 0 aliphatic heterocycles. The van der Waals surface area contributed by atoms with Crippen molar-refractivity contribution in [1.29, 1.82) is 0 Å². The lowest BCUT2D eigenvalue weighted by atomic mass is 10.0. The van der Waals surface area contributed by atoms with Gasteiger partial charge in [0.25, 0.3) is 0 Å². The molecule has 1 aliphatic rings. The number of thiophene rings is 1. The number of carbonyl (C=O) groups is 1. The molecule has 4 heteroatoms. The van der Waals surface area contributed by atoms with Gasteiger partial charge in [-0.15, -0.1) is 11.3 Å². The molecule has 1 atom stereocenters. The summed E-state index contributed by atoms with van der Waals surface area (Å²) in [6.45, 7) is 0.706. The molecular weight excluding hydrogens is 298 g/mol. The molecule has 0 radical (unpaired) electrons. The number of nitrogens with zero attached hydrogens (tertiary/aromatic N) is 1. The number of carbonyl (C=O) groups excluding carboxylic acids is 1. The highest BCUT2D eigenvalue weighted by molar-refractivity contribution is 9.11. The molecule has 0 aromatic carbocycles. The highest BCUT2D eigenvalue weighted by Gasteiger charge is 2.17. The Hall–Kier alpha value is -0.610. The van der Waals surface area contributed by atoms with Gasteiger partial charge in [0.1, 0.15) is 0 Å². The van der Waals surface area contributed by atoms with Crippen molar-refractivity contribution in [2.75, 3.05) is 7.05 Å². The van der Waals surface area contributed by atoms with Crippen LogP contribution in [0.3, 0.4) is 0 Å². The first-order valence-corrected chi connectivity index (χ1v) is 7.46. The molecule has 17 heavy (non-hydrogen) atoms. The molecule has 0 spiro atoms. The molecular formula is C13H16BrNOS. The Bertz CT molecular complexity index is 427. The first kappa shape index (κ1) is 12.8. The van der Waals surface area contributed by atoms with Crippen LogP contribution < -0.4 is 0 Å². The topological polar surface area (TPSA) is 20.3 Å². The number of rotatable bonds is 4. The van der Waals surface area contributed by atoms with E-state index in [9.17, 15) is 4.79 Å². The molecule has 0 bridgehead atoms. The van der Waals surface area contributed by atoms with Crippen molar-refractivity contribution in [3.8, 4) is 0 Å². The van der Waals surface area contributed by atoms with E-state index in [-0.39, 0.29) is 5.91 Å². The Morgan fingerprint density at radius 1 is 1.65 bits per heavy atom. The summed E-state index contributed by atoms with van der Waals surface area (Å²) in [4.78, 5) is 13.8. The van der Waals surface area contributed by atoms with Crippen molar-refractivity contribution in [2.24, 2.45) is 5.92 Å². The smallest absolute Gasteiger partial charge is 0.223 e. The Morgan fingerprint density at radius 2 is 2.47 bits per heavy atom. The van der Waals surface area contributed by atoms with E-state index < -0.39 is 0 Å². The first-order chi connectivity index (χ1) is 8.15. The van der Waals surface area contributed by atoms with E-state index in [2.05, 4.69) is 39.5 Å². The minimum atomic E-state index is 0.240. The van der Waals surface area contributed by atoms with Crippen molar-refractivity contribution < 1.29 is 4.79 Å². The highest BCUT2D eigenvalue weighted by Crippen LogP contribution is 2.23. The molecule has 0 N–H and O–H groups in total. The zero-order valence-corrected chi connectivity index (χ0v) is 12.3. The summed E-state index contributed by atoms with van der Waals surface area (Å²) in [6, 6.07) is 2.07. The summed E-state index contributed by atoms with van der Waals surface area (Å²) in [6.07, 6.45) is 7.25. The fraction of sp³-hybridized carbons (Fsp3) is 0.462. The zero-order valence-electron chi connectivity index (χ0n) is 9.86. The van der Waals surface area contributed by atoms with Gasteiger partial charge in [-0.2, -0.15) is 0 Å². The van der Waals surface area contributed by atoms with Crippen LogP contribution in [0, 0.1) is 5.92 Å². The van der Waals surface area contributed by atoms with Crippen molar-refractivity contribution in [3.63, 3.8) is 0 Å². The van der Waals surface area contributed by atoms with Gasteiger partial charge in [-0.25, -0.2) is 0 Å². The van der Waals surface area contributed by atoms with Crippen molar-refractivity contribution in [1.82, 2.24) is 4.90 Å². The van der Waals surface area contributed by atoms with Gasteiger partial charge >= 0.3 is 0 Å². The number of halogens is 1. The summed E-state index contributed by atoms with van der Waals surface area (Å²) in [5.41, 5.74) is 1.19. The van der Waals surface area contributed by atoms with Gasteiger partial charge in [0.2, 0.25) is 5.91 Å². The van der Waals surface area contributed by atoms with Crippen LogP contribution in [0.5, 0.6) is 0 Å². The molecule has 2 nitrogen and oxygen atoms in total. The predicted octanol–water partition coefficient (Wildman–Crippen LogP) is 3.83. The average Bonchev–Trinajstić information content (AvgIpc) is 2.90. The van der Waals surface area contributed by atoms with E-state index in [0.717, 1.165) is 16.6 Å². The lowest BCUT2D eigenvalue weighted by molar-refractivity contribution is -0.131. The van der Waals surface area contributed by atoms with Crippen LogP contribution in [0.4, 0.5) is 0 Å². The zero-order chi connectivity index (χ0) is 12.3. The second-order valence-corrected chi connectivity index (χ2v) is 6.77. The van der Waals surface area contributed by atoms with Crippen molar-refractivity contribution in [2.45, 2.75) is 25.8 Å². The monoisotopic (exact) mass is 313 g/mol. The van der Waals surface area contributed by atoms with Crippen molar-refractivity contribution in [3.05, 3.63) is 32.9 Å². The number of hydrogen-bond donors (Lipinski definition) is 0. The molecule has 0 fully saturated rings. The SMILES string of the molecule is CN(Cc1csc(Br)c1)C(=O)CC1C=CCC1. The maximum atomic E-state index is 12.0. The van der Waals surface area contributed by atoms with Crippen LogP contribution in [-0.2, 0) is 11.3 Å². The van der Waals surface area contributed by atoms with Crippen LogP contribution in [-0.4, -0.2) is 17.9 Å². The fourth-order valence-corrected chi connectivity index (χ4v) is 3.24. The van der Waals surface area contributed by atoms with E-state index in [4.69, 9.17) is 0 Å². The molecule has 1 aliphatic carbocycles. The lowest BCUT2D eigenvalue weighted by Gasteiger charge is -2.18. The Morgan fingerprint density at radius 3 is 3.06 bits per heavy atom. The molecule has 92 valence electrons. The Balaban J connectivity index is 1.84. The van der Waals surface area contributed by atoms with Gasteiger partial charge in [-0.3, -0.25) is 4.79 Å². The van der Waals surface area contributed by atoms with Crippen molar-refractivity contribution >= 4 is 33.2 Å². The summed E-state index contributed by atoms with van der Waals surface area (Å²) < 4.78 is 1.12. The van der Waals surface area contributed by atoms with Crippen LogP contribution in [0.15, 0.2) is 27.4 Å². The molecule has 1 heterocycles. The van der Waals surface area contributed by atoms with E-state index in [1.807, 2.05) is 11.9 Å². The van der Waals surface area contributed by atoms with Gasteiger partial charge in [0, 0.05) is 20.0 Å². The third-order valence-electron chi connectivity index (χ3n) is 3.02. The third kappa shape index (κ3) is 3.68. The molecule has 2 rings (SSSR count). The summed E-state index contributed by atoms with van der Waals surface area (Å²) >= 11 is 5.09. The molecule has 1 amide bonds. The highest BCUT2D eigenvalue weighted by atomic mass is 79.9. The minimum Gasteiger partial charge on any atom is -0.341 e. The summed E-state index contributed by atoms with van der Waals surface area (Å²) in [7, 11) is 1.88. The summed E-state index contributed by atoms with van der Waals surface area (Å²) in [5.74, 6) is 0.697. The normalized spacial score (nSPS) is 18.6. The Kier molecular flexibility index (Phi) is 4.40. The van der Waals surface area contributed by atoms with Gasteiger partial charge in [0.15, 0.2) is 0 Å². The van der Waals surface area contributed by atoms with Crippen LogP contribution in [0.2, 0.25) is 0 Å². The second-order valence-electron chi connectivity index (χ2n) is 4.48. The largest absolute Gasteiger partial charge is 0.341 e. The van der Waals surface area contributed by atoms with Crippen LogP contribution in [0.1, 0.15) is 24.8 Å². The molecule has 1 aromatic rings. The predicted molar refractivity (Wildman–Crippen MR) is 75.0 cm³/mol. The summed E-state index contributed by atoms with van der Waals surface area (Å²) in [5, 5.41) is 2.09. The lowest BCUT2D eigenvalue weighted by Crippen LogP contribution is -2.27. The molecule has 0 saturated carbocycles. The van der Waals surface area contributed by atoms with Crippen LogP contribution in [0.25, 0.3) is 0 Å². The van der Waals surface area contributed by atoms with E-state index in [1.54, 1.807) is 11.3 Å². The van der Waals surface area contributed by atoms with Gasteiger partial charge in [-0.1, -0.05) is 12.2 Å². The number of hydrogen-bond acceptors (Lipinski definition) is 2. The van der Waals surface area contributed by atoms with E-state index in [1.165, 1.54) is 5.56 Å². The van der Waals surface area contributed by atoms with Crippen LogP contribution >= 0.6 is 27.3 Å². The number of allylic oxidation sites excluding steroid dienone is 2. The first-order valence-electron chi connectivity index (χ1n) is 5.78. The number of amides is 1. The van der Waals surface area contributed by atoms with Gasteiger partial charge < -0.3 is 4.90 Å². The van der Waals surface area contributed by atoms with Gasteiger partial charge in [-0.05, 0) is 51.7 Å². The second kappa shape index (κ2) is 5.83. The quantitative estimate of drug-likeness (QED) is 0.774. The van der Waals surface area contributed by atoms with Gasteiger partial charge in [0.05, 0.1) is 3.79 Å². The van der Waals surface area contributed by atoms with E-state index in [0.29, 0.717) is 18.9 Å². The fourth-order valence-electron chi connectivity index (χ4n) is 2.04. The van der Waals surface area contributed by atoms with E-state index >= 15 is 0 Å².